The second-order valence-corrected chi connectivity index (χ2v) is 4.07. The van der Waals surface area contributed by atoms with E-state index in [1.54, 1.807) is 14.1 Å². The van der Waals surface area contributed by atoms with E-state index in [1.807, 2.05) is 30.3 Å². The summed E-state index contributed by atoms with van der Waals surface area (Å²) in [6, 6.07) is 9.49. The summed E-state index contributed by atoms with van der Waals surface area (Å²) >= 11 is 1.02. The van der Waals surface area contributed by atoms with Gasteiger partial charge in [0.15, 0.2) is 0 Å². The van der Waals surface area contributed by atoms with Gasteiger partial charge >= 0.3 is 6.09 Å². The Hall–Kier alpha value is -1.95. The van der Waals surface area contributed by atoms with Crippen LogP contribution in [0.15, 0.2) is 30.3 Å². The van der Waals surface area contributed by atoms with Gasteiger partial charge in [-0.1, -0.05) is 30.3 Å². The van der Waals surface area contributed by atoms with Crippen LogP contribution < -0.4 is 4.74 Å². The lowest BCUT2D eigenvalue weighted by Gasteiger charge is -2.09. The molecule has 0 saturated carbocycles. The molecular formula is C11H11N3O2S. The summed E-state index contributed by atoms with van der Waals surface area (Å²) in [6.07, 6.45) is -0.463. The number of carbonyl (C=O) groups is 1. The molecule has 0 fully saturated rings. The monoisotopic (exact) mass is 249 g/mol. The second-order valence-electron chi connectivity index (χ2n) is 3.55. The van der Waals surface area contributed by atoms with E-state index in [1.165, 1.54) is 4.90 Å². The van der Waals surface area contributed by atoms with Crippen molar-refractivity contribution >= 4 is 17.8 Å². The average Bonchev–Trinajstić information content (AvgIpc) is 2.78. The second kappa shape index (κ2) is 4.92. The van der Waals surface area contributed by atoms with Crippen molar-refractivity contribution in [3.05, 3.63) is 30.3 Å². The van der Waals surface area contributed by atoms with E-state index in [0.29, 0.717) is 5.69 Å². The molecular weight excluding hydrogens is 238 g/mol. The summed E-state index contributed by atoms with van der Waals surface area (Å²) in [7, 11) is 3.23. The number of carbonyl (C=O) groups excluding carboxylic acids is 1. The predicted octanol–water partition coefficient (Wildman–Crippen LogP) is 2.27. The fraction of sp³-hybridized carbons (Fsp3) is 0.182. The van der Waals surface area contributed by atoms with Gasteiger partial charge in [0, 0.05) is 19.7 Å². The molecule has 88 valence electrons. The first kappa shape index (κ1) is 11.5. The summed E-state index contributed by atoms with van der Waals surface area (Å²) in [4.78, 5) is 12.8. The molecule has 2 rings (SSSR count). The third-order valence-electron chi connectivity index (χ3n) is 2.05. The van der Waals surface area contributed by atoms with Crippen molar-refractivity contribution in [2.75, 3.05) is 14.1 Å². The minimum absolute atomic E-state index is 0.250. The maximum absolute atomic E-state index is 11.4. The molecule has 1 aromatic carbocycles. The van der Waals surface area contributed by atoms with Crippen molar-refractivity contribution in [3.63, 3.8) is 0 Å². The van der Waals surface area contributed by atoms with Gasteiger partial charge in [0.05, 0.1) is 11.7 Å². The van der Waals surface area contributed by atoms with Crippen LogP contribution in [0.25, 0.3) is 11.3 Å². The molecule has 2 aromatic rings. The Morgan fingerprint density at radius 3 is 2.59 bits per heavy atom. The molecule has 0 aliphatic carbocycles. The summed E-state index contributed by atoms with van der Waals surface area (Å²) in [5.41, 5.74) is 1.47. The largest absolute Gasteiger partial charge is 0.416 e. The highest BCUT2D eigenvalue weighted by molar-refractivity contribution is 6.99. The Morgan fingerprint density at radius 1 is 1.24 bits per heavy atom. The summed E-state index contributed by atoms with van der Waals surface area (Å²) in [5, 5.41) is 0. The predicted molar refractivity (Wildman–Crippen MR) is 65.1 cm³/mol. The number of rotatable bonds is 2. The summed E-state index contributed by atoms with van der Waals surface area (Å²) in [6.45, 7) is 0. The highest BCUT2D eigenvalue weighted by Crippen LogP contribution is 2.27. The number of hydrogen-bond donors (Lipinski definition) is 0. The first-order valence-electron chi connectivity index (χ1n) is 4.95. The number of aromatic nitrogens is 2. The number of hydrogen-bond acceptors (Lipinski definition) is 5. The number of nitrogens with zero attached hydrogens (tertiary/aromatic N) is 3. The highest BCUT2D eigenvalue weighted by Gasteiger charge is 2.16. The van der Waals surface area contributed by atoms with Gasteiger partial charge in [-0.3, -0.25) is 0 Å². The maximum Gasteiger partial charge on any atom is 0.416 e. The molecule has 0 unspecified atom stereocenters. The maximum atomic E-state index is 11.4. The molecule has 0 saturated heterocycles. The standard InChI is InChI=1S/C11H11N3O2S/c1-14(2)11(15)16-10-9(12-17-13-10)8-6-4-3-5-7-8/h3-7H,1-2H3. The normalized spacial score (nSPS) is 10.0. The van der Waals surface area contributed by atoms with Crippen LogP contribution in [-0.2, 0) is 0 Å². The van der Waals surface area contributed by atoms with Crippen molar-refractivity contribution in [2.45, 2.75) is 0 Å². The van der Waals surface area contributed by atoms with Crippen molar-refractivity contribution in [2.24, 2.45) is 0 Å². The van der Waals surface area contributed by atoms with Crippen LogP contribution in [0.2, 0.25) is 0 Å². The van der Waals surface area contributed by atoms with Gasteiger partial charge in [0.2, 0.25) is 0 Å². The van der Waals surface area contributed by atoms with Crippen LogP contribution in [0.4, 0.5) is 4.79 Å². The number of ether oxygens (including phenoxy) is 1. The van der Waals surface area contributed by atoms with Crippen LogP contribution in [0.5, 0.6) is 5.88 Å². The lowest BCUT2D eigenvalue weighted by atomic mass is 10.2. The lowest BCUT2D eigenvalue weighted by molar-refractivity contribution is 0.170. The average molecular weight is 249 g/mol. The van der Waals surface area contributed by atoms with Crippen molar-refractivity contribution in [1.29, 1.82) is 0 Å². The van der Waals surface area contributed by atoms with Crippen molar-refractivity contribution in [3.8, 4) is 17.1 Å². The zero-order valence-electron chi connectivity index (χ0n) is 9.45. The summed E-state index contributed by atoms with van der Waals surface area (Å²) < 4.78 is 13.2. The lowest BCUT2D eigenvalue weighted by Crippen LogP contribution is -2.25. The molecule has 0 bridgehead atoms. The van der Waals surface area contributed by atoms with E-state index in [2.05, 4.69) is 8.75 Å². The smallest absolute Gasteiger partial charge is 0.388 e. The minimum atomic E-state index is -0.463. The van der Waals surface area contributed by atoms with E-state index in [4.69, 9.17) is 4.74 Å². The van der Waals surface area contributed by atoms with Crippen LogP contribution in [0, 0.1) is 0 Å². The Bertz CT molecular complexity index is 510. The van der Waals surface area contributed by atoms with Crippen LogP contribution >= 0.6 is 11.7 Å². The molecule has 6 heteroatoms. The van der Waals surface area contributed by atoms with E-state index in [-0.39, 0.29) is 5.88 Å². The Labute approximate surface area is 103 Å². The minimum Gasteiger partial charge on any atom is -0.388 e. The number of benzene rings is 1. The van der Waals surface area contributed by atoms with E-state index < -0.39 is 6.09 Å². The van der Waals surface area contributed by atoms with Gasteiger partial charge in [0.25, 0.3) is 5.88 Å². The molecule has 17 heavy (non-hydrogen) atoms. The highest BCUT2D eigenvalue weighted by atomic mass is 32.1. The molecule has 0 N–H and O–H groups in total. The van der Waals surface area contributed by atoms with Gasteiger partial charge in [-0.2, -0.15) is 4.37 Å². The van der Waals surface area contributed by atoms with Gasteiger partial charge in [0.1, 0.15) is 5.69 Å². The van der Waals surface area contributed by atoms with Gasteiger partial charge in [-0.25, -0.2) is 4.79 Å². The molecule has 1 amide bonds. The van der Waals surface area contributed by atoms with Gasteiger partial charge in [-0.15, -0.1) is 4.37 Å². The quantitative estimate of drug-likeness (QED) is 0.819. The first-order valence-corrected chi connectivity index (χ1v) is 5.68. The molecule has 0 spiro atoms. The fourth-order valence-electron chi connectivity index (χ4n) is 1.19. The Kier molecular flexibility index (Phi) is 3.34. The molecule has 0 radical (unpaired) electrons. The SMILES string of the molecule is CN(C)C(=O)Oc1nsnc1-c1ccccc1. The Balaban J connectivity index is 2.27. The molecule has 1 heterocycles. The Morgan fingerprint density at radius 2 is 1.94 bits per heavy atom. The third kappa shape index (κ3) is 2.59. The van der Waals surface area contributed by atoms with Crippen molar-refractivity contribution < 1.29 is 9.53 Å². The molecule has 5 nitrogen and oxygen atoms in total. The van der Waals surface area contributed by atoms with Crippen LogP contribution in [0.3, 0.4) is 0 Å². The third-order valence-corrected chi connectivity index (χ3v) is 2.57. The summed E-state index contributed by atoms with van der Waals surface area (Å²) in [5.74, 6) is 0.250. The van der Waals surface area contributed by atoms with Crippen LogP contribution in [0.1, 0.15) is 0 Å². The van der Waals surface area contributed by atoms with E-state index in [9.17, 15) is 4.79 Å². The van der Waals surface area contributed by atoms with Crippen molar-refractivity contribution in [1.82, 2.24) is 13.6 Å². The molecule has 1 aromatic heterocycles. The molecule has 0 aliphatic heterocycles. The van der Waals surface area contributed by atoms with E-state index >= 15 is 0 Å². The van der Waals surface area contributed by atoms with Gasteiger partial charge < -0.3 is 9.64 Å². The topological polar surface area (TPSA) is 55.3 Å². The van der Waals surface area contributed by atoms with Crippen LogP contribution in [-0.4, -0.2) is 33.8 Å². The first-order chi connectivity index (χ1) is 8.18. The fourth-order valence-corrected chi connectivity index (χ4v) is 1.70. The van der Waals surface area contributed by atoms with E-state index in [0.717, 1.165) is 17.3 Å². The number of amides is 1. The molecule has 0 atom stereocenters. The van der Waals surface area contributed by atoms with Gasteiger partial charge in [-0.05, 0) is 0 Å². The zero-order chi connectivity index (χ0) is 12.3. The molecule has 0 aliphatic rings. The zero-order valence-corrected chi connectivity index (χ0v) is 10.3.